The van der Waals surface area contributed by atoms with E-state index in [-0.39, 0.29) is 24.4 Å². The van der Waals surface area contributed by atoms with Gasteiger partial charge in [0.2, 0.25) is 0 Å². The maximum Gasteiger partial charge on any atom is 0.311 e. The molecule has 0 unspecified atom stereocenters. The van der Waals surface area contributed by atoms with Crippen LogP contribution in [0.25, 0.3) is 0 Å². The molecule has 1 aromatic rings. The summed E-state index contributed by atoms with van der Waals surface area (Å²) in [6.45, 7) is 5.74. The third kappa shape index (κ3) is 4.68. The second-order valence-corrected chi connectivity index (χ2v) is 6.87. The van der Waals surface area contributed by atoms with Crippen LogP contribution in [0.1, 0.15) is 45.6 Å². The van der Waals surface area contributed by atoms with Crippen LogP contribution in [0.3, 0.4) is 0 Å². The monoisotopic (exact) mass is 363 g/mol. The Hall–Kier alpha value is -2.24. The van der Waals surface area contributed by atoms with Gasteiger partial charge in [0.1, 0.15) is 0 Å². The van der Waals surface area contributed by atoms with Crippen molar-refractivity contribution in [3.05, 3.63) is 23.8 Å². The number of hydrogen-bond acceptors (Lipinski definition) is 5. The van der Waals surface area contributed by atoms with Crippen LogP contribution >= 0.6 is 0 Å². The molecule has 0 aliphatic carbocycles. The molecule has 0 spiro atoms. The lowest BCUT2D eigenvalue weighted by atomic mass is 9.97. The third-order valence-corrected chi connectivity index (χ3v) is 4.90. The van der Waals surface area contributed by atoms with Crippen molar-refractivity contribution in [2.24, 2.45) is 0 Å². The highest BCUT2D eigenvalue weighted by molar-refractivity contribution is 5.84. The number of hydrogen-bond donors (Lipinski definition) is 0. The van der Waals surface area contributed by atoms with E-state index in [9.17, 15) is 9.59 Å². The summed E-state index contributed by atoms with van der Waals surface area (Å²) >= 11 is 0. The maximum absolute atomic E-state index is 12.7. The van der Waals surface area contributed by atoms with Crippen LogP contribution in [-0.4, -0.2) is 49.2 Å². The average Bonchev–Trinajstić information content (AvgIpc) is 2.61. The smallest absolute Gasteiger partial charge is 0.311 e. The number of esters is 1. The van der Waals surface area contributed by atoms with E-state index in [1.165, 1.54) is 0 Å². The molecule has 0 aromatic heterocycles. The zero-order valence-corrected chi connectivity index (χ0v) is 16.3. The largest absolute Gasteiger partial charge is 0.493 e. The molecule has 3 atom stereocenters. The van der Waals surface area contributed by atoms with Gasteiger partial charge < -0.3 is 19.1 Å². The fourth-order valence-corrected chi connectivity index (χ4v) is 3.51. The Kier molecular flexibility index (Phi) is 6.89. The molecule has 1 aliphatic rings. The molecule has 1 heterocycles. The molecule has 6 heteroatoms. The van der Waals surface area contributed by atoms with E-state index in [2.05, 4.69) is 0 Å². The van der Waals surface area contributed by atoms with Crippen molar-refractivity contribution in [2.75, 3.05) is 14.2 Å². The van der Waals surface area contributed by atoms with Gasteiger partial charge in [-0.25, -0.2) is 0 Å². The Morgan fingerprint density at radius 2 is 1.73 bits per heavy atom. The molecular weight excluding hydrogens is 334 g/mol. The first-order valence-corrected chi connectivity index (χ1v) is 9.10. The van der Waals surface area contributed by atoms with Crippen molar-refractivity contribution in [3.63, 3.8) is 0 Å². The highest BCUT2D eigenvalue weighted by Gasteiger charge is 2.33. The normalized spacial score (nSPS) is 21.0. The van der Waals surface area contributed by atoms with Crippen LogP contribution in [0.15, 0.2) is 18.2 Å². The summed E-state index contributed by atoms with van der Waals surface area (Å²) in [6.07, 6.45) is 2.39. The number of nitrogens with zero attached hydrogens (tertiary/aromatic N) is 1. The number of rotatable bonds is 6. The first-order chi connectivity index (χ1) is 12.4. The molecule has 1 amide bonds. The summed E-state index contributed by atoms with van der Waals surface area (Å²) in [4.78, 5) is 26.8. The number of ether oxygens (including phenoxy) is 3. The fourth-order valence-electron chi connectivity index (χ4n) is 3.51. The molecule has 1 fully saturated rings. The average molecular weight is 363 g/mol. The van der Waals surface area contributed by atoms with Crippen LogP contribution in [0.4, 0.5) is 0 Å². The van der Waals surface area contributed by atoms with Gasteiger partial charge in [-0.05, 0) is 57.7 Å². The minimum atomic E-state index is -0.786. The summed E-state index contributed by atoms with van der Waals surface area (Å²) in [7, 11) is 3.10. The van der Waals surface area contributed by atoms with Gasteiger partial charge in [0.05, 0.1) is 20.6 Å². The van der Waals surface area contributed by atoms with Crippen molar-refractivity contribution in [3.8, 4) is 11.5 Å². The summed E-state index contributed by atoms with van der Waals surface area (Å²) in [5.74, 6) is 0.597. The molecule has 6 nitrogen and oxygen atoms in total. The van der Waals surface area contributed by atoms with E-state index in [1.54, 1.807) is 39.3 Å². The van der Waals surface area contributed by atoms with E-state index in [0.717, 1.165) is 24.8 Å². The van der Waals surface area contributed by atoms with Gasteiger partial charge in [0.15, 0.2) is 17.6 Å². The van der Waals surface area contributed by atoms with Crippen LogP contribution in [0.2, 0.25) is 0 Å². The number of piperidine rings is 1. The van der Waals surface area contributed by atoms with Crippen LogP contribution in [-0.2, 0) is 20.7 Å². The second kappa shape index (κ2) is 8.92. The highest BCUT2D eigenvalue weighted by Crippen LogP contribution is 2.28. The minimum Gasteiger partial charge on any atom is -0.493 e. The number of benzene rings is 1. The SMILES string of the molecule is COc1ccc(CC(=O)O[C@H](C)C(=O)N2[C@@H](C)CCC[C@@H]2C)cc1OC. The van der Waals surface area contributed by atoms with Crippen molar-refractivity contribution in [1.82, 2.24) is 4.90 Å². The van der Waals surface area contributed by atoms with E-state index >= 15 is 0 Å². The summed E-state index contributed by atoms with van der Waals surface area (Å²) in [6, 6.07) is 5.62. The van der Waals surface area contributed by atoms with Gasteiger partial charge in [-0.2, -0.15) is 0 Å². The topological polar surface area (TPSA) is 65.1 Å². The number of amides is 1. The van der Waals surface area contributed by atoms with E-state index in [1.807, 2.05) is 18.7 Å². The van der Waals surface area contributed by atoms with E-state index < -0.39 is 12.1 Å². The van der Waals surface area contributed by atoms with Gasteiger partial charge in [-0.15, -0.1) is 0 Å². The molecule has 1 aliphatic heterocycles. The zero-order chi connectivity index (χ0) is 19.3. The molecule has 1 saturated heterocycles. The summed E-state index contributed by atoms with van der Waals surface area (Å²) in [5.41, 5.74) is 0.743. The van der Waals surface area contributed by atoms with Crippen molar-refractivity contribution < 1.29 is 23.8 Å². The maximum atomic E-state index is 12.7. The number of carbonyl (C=O) groups excluding carboxylic acids is 2. The number of methoxy groups -OCH3 is 2. The summed E-state index contributed by atoms with van der Waals surface area (Å²) in [5, 5.41) is 0. The molecule has 2 rings (SSSR count). The Morgan fingerprint density at radius 3 is 2.31 bits per heavy atom. The van der Waals surface area contributed by atoms with Crippen LogP contribution < -0.4 is 9.47 Å². The molecule has 0 radical (unpaired) electrons. The van der Waals surface area contributed by atoms with Gasteiger partial charge in [-0.1, -0.05) is 6.07 Å². The van der Waals surface area contributed by atoms with Crippen LogP contribution in [0.5, 0.6) is 11.5 Å². The molecule has 0 N–H and O–H groups in total. The van der Waals surface area contributed by atoms with Gasteiger partial charge in [-0.3, -0.25) is 9.59 Å². The first-order valence-electron chi connectivity index (χ1n) is 9.10. The minimum absolute atomic E-state index is 0.0725. The van der Waals surface area contributed by atoms with Gasteiger partial charge in [0, 0.05) is 12.1 Å². The molecule has 144 valence electrons. The van der Waals surface area contributed by atoms with Crippen molar-refractivity contribution in [2.45, 2.75) is 64.6 Å². The van der Waals surface area contributed by atoms with E-state index in [4.69, 9.17) is 14.2 Å². The lowest BCUT2D eigenvalue weighted by molar-refractivity contribution is -0.161. The van der Waals surface area contributed by atoms with Gasteiger partial charge in [0.25, 0.3) is 5.91 Å². The third-order valence-electron chi connectivity index (χ3n) is 4.90. The number of likely N-dealkylation sites (tertiary alicyclic amines) is 1. The van der Waals surface area contributed by atoms with Crippen LogP contribution in [0, 0.1) is 0 Å². The Labute approximate surface area is 155 Å². The van der Waals surface area contributed by atoms with Crippen molar-refractivity contribution in [1.29, 1.82) is 0 Å². The zero-order valence-electron chi connectivity index (χ0n) is 16.3. The Bertz CT molecular complexity index is 635. The fraction of sp³-hybridized carbons (Fsp3) is 0.600. The van der Waals surface area contributed by atoms with Crippen molar-refractivity contribution >= 4 is 11.9 Å². The summed E-state index contributed by atoms with van der Waals surface area (Å²) < 4.78 is 15.8. The Morgan fingerprint density at radius 1 is 1.12 bits per heavy atom. The second-order valence-electron chi connectivity index (χ2n) is 6.87. The molecule has 0 bridgehead atoms. The molecule has 26 heavy (non-hydrogen) atoms. The van der Waals surface area contributed by atoms with E-state index in [0.29, 0.717) is 11.5 Å². The number of carbonyl (C=O) groups is 2. The highest BCUT2D eigenvalue weighted by atomic mass is 16.5. The van der Waals surface area contributed by atoms with Gasteiger partial charge >= 0.3 is 5.97 Å². The lowest BCUT2D eigenvalue weighted by Gasteiger charge is -2.40. The quantitative estimate of drug-likeness (QED) is 0.727. The first kappa shape index (κ1) is 20.1. The molecule has 1 aromatic carbocycles. The predicted octanol–water partition coefficient (Wildman–Crippen LogP) is 2.97. The standard InChI is InChI=1S/C20H29NO5/c1-13-7-6-8-14(2)21(13)20(23)15(3)26-19(22)12-16-9-10-17(24-4)18(11-16)25-5/h9-11,13-15H,6-8,12H2,1-5H3/t13-,14-,15+/m0/s1. The molecule has 0 saturated carbocycles. The Balaban J connectivity index is 1.97. The molecular formula is C20H29NO5. The predicted molar refractivity (Wildman–Crippen MR) is 98.4 cm³/mol. The lowest BCUT2D eigenvalue weighted by Crippen LogP contribution is -2.51.